The molecule has 0 bridgehead atoms. The van der Waals surface area contributed by atoms with Gasteiger partial charge in [-0.15, -0.1) is 0 Å². The minimum Gasteiger partial charge on any atom is -0.494 e. The molecule has 21 heavy (non-hydrogen) atoms. The highest BCUT2D eigenvalue weighted by molar-refractivity contribution is 5.38. The zero-order valence-electron chi connectivity index (χ0n) is 13.0. The molecule has 0 saturated carbocycles. The molecule has 6 heteroatoms. The molecule has 1 aromatic heterocycles. The van der Waals surface area contributed by atoms with E-state index in [4.69, 9.17) is 4.74 Å². The van der Waals surface area contributed by atoms with Crippen LogP contribution in [0.3, 0.4) is 0 Å². The Morgan fingerprint density at radius 1 is 1.43 bits per heavy atom. The maximum atomic E-state index is 11.9. The fraction of sp³-hybridized carbons (Fsp3) is 0.467. The lowest BCUT2D eigenvalue weighted by atomic mass is 10.0. The minimum absolute atomic E-state index is 0.135. The predicted octanol–water partition coefficient (Wildman–Crippen LogP) is 1.31. The number of ether oxygens (including phenoxy) is 1. The molecule has 2 rings (SSSR count). The Hall–Kier alpha value is -2.08. The molecule has 6 nitrogen and oxygen atoms in total. The summed E-state index contributed by atoms with van der Waals surface area (Å²) in [5, 5.41) is 7.31. The molecule has 0 aliphatic carbocycles. The first kappa shape index (κ1) is 15.3. The fourth-order valence-corrected chi connectivity index (χ4v) is 2.15. The molecule has 0 amide bonds. The highest BCUT2D eigenvalue weighted by Crippen LogP contribution is 2.24. The van der Waals surface area contributed by atoms with E-state index in [1.807, 2.05) is 26.1 Å². The van der Waals surface area contributed by atoms with Crippen molar-refractivity contribution in [3.05, 3.63) is 46.1 Å². The Balaban J connectivity index is 2.38. The third-order valence-corrected chi connectivity index (χ3v) is 3.52. The van der Waals surface area contributed by atoms with Crippen LogP contribution in [-0.4, -0.2) is 28.0 Å². The van der Waals surface area contributed by atoms with Crippen LogP contribution in [0.1, 0.15) is 31.0 Å². The van der Waals surface area contributed by atoms with Crippen LogP contribution in [0.4, 0.5) is 0 Å². The quantitative estimate of drug-likeness (QED) is 0.871. The number of nitrogens with zero attached hydrogens (tertiary/aromatic N) is 3. The Bertz CT molecular complexity index is 660. The Labute approximate surface area is 124 Å². The molecule has 0 aliphatic heterocycles. The molecule has 0 aliphatic rings. The number of nitrogens with one attached hydrogen (secondary N) is 1. The van der Waals surface area contributed by atoms with Crippen LogP contribution in [0, 0.1) is 0 Å². The molecule has 2 aromatic rings. The van der Waals surface area contributed by atoms with Gasteiger partial charge in [0.2, 0.25) is 0 Å². The van der Waals surface area contributed by atoms with Crippen molar-refractivity contribution in [3.8, 4) is 5.75 Å². The van der Waals surface area contributed by atoms with E-state index < -0.39 is 0 Å². The number of hydrogen-bond donors (Lipinski definition) is 1. The van der Waals surface area contributed by atoms with Gasteiger partial charge in [0.05, 0.1) is 13.2 Å². The Morgan fingerprint density at radius 2 is 2.19 bits per heavy atom. The first-order chi connectivity index (χ1) is 10.1. The number of aryl methyl sites for hydroxylation is 1. The summed E-state index contributed by atoms with van der Waals surface area (Å²) in [4.78, 5) is 11.9. The van der Waals surface area contributed by atoms with Crippen molar-refractivity contribution in [1.82, 2.24) is 19.7 Å². The van der Waals surface area contributed by atoms with Gasteiger partial charge >= 0.3 is 5.69 Å². The molecule has 1 heterocycles. The summed E-state index contributed by atoms with van der Waals surface area (Å²) in [6, 6.07) is 6.29. The SMILES string of the molecule is CCOc1ccc(C(C)NC)cc1Cn1ncn(C)c1=O. The predicted molar refractivity (Wildman–Crippen MR) is 81.7 cm³/mol. The van der Waals surface area contributed by atoms with E-state index >= 15 is 0 Å². The van der Waals surface area contributed by atoms with Gasteiger partial charge in [-0.25, -0.2) is 9.48 Å². The average molecular weight is 290 g/mol. The van der Waals surface area contributed by atoms with E-state index in [1.54, 1.807) is 7.05 Å². The van der Waals surface area contributed by atoms with Crippen LogP contribution in [0.2, 0.25) is 0 Å². The van der Waals surface area contributed by atoms with Crippen molar-refractivity contribution in [1.29, 1.82) is 0 Å². The molecule has 0 saturated heterocycles. The first-order valence-corrected chi connectivity index (χ1v) is 7.08. The molecular weight excluding hydrogens is 268 g/mol. The number of aromatic nitrogens is 3. The van der Waals surface area contributed by atoms with Crippen LogP contribution in [0.5, 0.6) is 5.75 Å². The molecule has 0 radical (unpaired) electrons. The second-order valence-corrected chi connectivity index (χ2v) is 4.99. The third-order valence-electron chi connectivity index (χ3n) is 3.52. The van der Waals surface area contributed by atoms with Gasteiger partial charge in [0.25, 0.3) is 0 Å². The van der Waals surface area contributed by atoms with E-state index in [0.717, 1.165) is 16.9 Å². The van der Waals surface area contributed by atoms with Gasteiger partial charge in [0.15, 0.2) is 0 Å². The summed E-state index contributed by atoms with van der Waals surface area (Å²) < 4.78 is 8.55. The van der Waals surface area contributed by atoms with E-state index in [0.29, 0.717) is 13.2 Å². The minimum atomic E-state index is -0.135. The number of hydrogen-bond acceptors (Lipinski definition) is 4. The molecule has 1 N–H and O–H groups in total. The molecular formula is C15H22N4O2. The zero-order valence-corrected chi connectivity index (χ0v) is 13.0. The largest absolute Gasteiger partial charge is 0.494 e. The van der Waals surface area contributed by atoms with E-state index in [1.165, 1.54) is 15.6 Å². The fourth-order valence-electron chi connectivity index (χ4n) is 2.15. The average Bonchev–Trinajstić information content (AvgIpc) is 2.80. The van der Waals surface area contributed by atoms with E-state index in [9.17, 15) is 4.79 Å². The molecule has 0 spiro atoms. The molecule has 1 unspecified atom stereocenters. The molecule has 114 valence electrons. The standard InChI is InChI=1S/C15H22N4O2/c1-5-21-14-7-6-12(11(2)16-3)8-13(14)9-19-15(20)18(4)10-17-19/h6-8,10-11,16H,5,9H2,1-4H3. The van der Waals surface area contributed by atoms with Crippen molar-refractivity contribution in [2.24, 2.45) is 7.05 Å². The van der Waals surface area contributed by atoms with Gasteiger partial charge in [-0.3, -0.25) is 4.57 Å². The van der Waals surface area contributed by atoms with Crippen molar-refractivity contribution < 1.29 is 4.74 Å². The van der Waals surface area contributed by atoms with Crippen LogP contribution in [-0.2, 0) is 13.6 Å². The second kappa shape index (κ2) is 6.58. The summed E-state index contributed by atoms with van der Waals surface area (Å²) in [6.45, 7) is 5.03. The molecule has 1 atom stereocenters. The second-order valence-electron chi connectivity index (χ2n) is 4.99. The highest BCUT2D eigenvalue weighted by atomic mass is 16.5. The van der Waals surface area contributed by atoms with Crippen molar-refractivity contribution >= 4 is 0 Å². The van der Waals surface area contributed by atoms with Crippen molar-refractivity contribution in [3.63, 3.8) is 0 Å². The summed E-state index contributed by atoms with van der Waals surface area (Å²) in [7, 11) is 3.61. The maximum Gasteiger partial charge on any atom is 0.345 e. The number of rotatable bonds is 6. The topological polar surface area (TPSA) is 61.1 Å². The summed E-state index contributed by atoms with van der Waals surface area (Å²) >= 11 is 0. The van der Waals surface area contributed by atoms with Gasteiger partial charge < -0.3 is 10.1 Å². The van der Waals surface area contributed by atoms with Crippen LogP contribution < -0.4 is 15.7 Å². The summed E-state index contributed by atoms with van der Waals surface area (Å²) in [5.74, 6) is 0.794. The monoisotopic (exact) mass is 290 g/mol. The lowest BCUT2D eigenvalue weighted by molar-refractivity contribution is 0.335. The highest BCUT2D eigenvalue weighted by Gasteiger charge is 2.11. The summed E-state index contributed by atoms with van der Waals surface area (Å²) in [5.41, 5.74) is 1.97. The zero-order chi connectivity index (χ0) is 15.4. The Morgan fingerprint density at radius 3 is 2.76 bits per heavy atom. The molecule has 0 fully saturated rings. The normalized spacial score (nSPS) is 12.4. The van der Waals surface area contributed by atoms with Crippen molar-refractivity contribution in [2.75, 3.05) is 13.7 Å². The lowest BCUT2D eigenvalue weighted by Gasteiger charge is -2.15. The lowest BCUT2D eigenvalue weighted by Crippen LogP contribution is -2.24. The van der Waals surface area contributed by atoms with E-state index in [2.05, 4.69) is 23.4 Å². The van der Waals surface area contributed by atoms with Gasteiger partial charge in [-0.1, -0.05) is 6.07 Å². The maximum absolute atomic E-state index is 11.9. The third kappa shape index (κ3) is 3.33. The van der Waals surface area contributed by atoms with Gasteiger partial charge in [-0.05, 0) is 38.6 Å². The van der Waals surface area contributed by atoms with Crippen molar-refractivity contribution in [2.45, 2.75) is 26.4 Å². The number of benzene rings is 1. The smallest absolute Gasteiger partial charge is 0.345 e. The van der Waals surface area contributed by atoms with Crippen LogP contribution in [0.15, 0.2) is 29.3 Å². The van der Waals surface area contributed by atoms with E-state index in [-0.39, 0.29) is 11.7 Å². The van der Waals surface area contributed by atoms with Gasteiger partial charge in [-0.2, -0.15) is 5.10 Å². The Kier molecular flexibility index (Phi) is 4.80. The summed E-state index contributed by atoms with van der Waals surface area (Å²) in [6.07, 6.45) is 1.52. The van der Waals surface area contributed by atoms with Gasteiger partial charge in [0.1, 0.15) is 12.1 Å². The van der Waals surface area contributed by atoms with Crippen LogP contribution in [0.25, 0.3) is 0 Å². The first-order valence-electron chi connectivity index (χ1n) is 7.08. The van der Waals surface area contributed by atoms with Gasteiger partial charge in [0, 0.05) is 18.7 Å². The molecule has 1 aromatic carbocycles. The van der Waals surface area contributed by atoms with Crippen LogP contribution >= 0.6 is 0 Å².